The van der Waals surface area contributed by atoms with Gasteiger partial charge in [0.15, 0.2) is 0 Å². The monoisotopic (exact) mass is 228 g/mol. The van der Waals surface area contributed by atoms with E-state index in [2.05, 4.69) is 29.4 Å². The standard InChI is InChI=1S/C10H20N4O2/c1-8(2)11-7-9-12-13-10(16-9)14(3)5-6-15-4/h8,11H,5-7H2,1-4H3. The molecule has 1 heterocycles. The summed E-state index contributed by atoms with van der Waals surface area (Å²) in [5.74, 6) is 0.605. The van der Waals surface area contributed by atoms with Crippen molar-refractivity contribution in [1.82, 2.24) is 15.5 Å². The van der Waals surface area contributed by atoms with Crippen LogP contribution in [0, 0.1) is 0 Å². The molecular weight excluding hydrogens is 208 g/mol. The average Bonchev–Trinajstić information content (AvgIpc) is 2.71. The number of anilines is 1. The third-order valence-corrected chi connectivity index (χ3v) is 2.08. The molecule has 0 fully saturated rings. The quantitative estimate of drug-likeness (QED) is 0.739. The summed E-state index contributed by atoms with van der Waals surface area (Å²) in [5, 5.41) is 11.1. The Labute approximate surface area is 96.0 Å². The van der Waals surface area contributed by atoms with Crippen molar-refractivity contribution in [3.8, 4) is 0 Å². The van der Waals surface area contributed by atoms with Crippen molar-refractivity contribution in [3.05, 3.63) is 5.89 Å². The lowest BCUT2D eigenvalue weighted by molar-refractivity contribution is 0.205. The molecule has 1 aromatic rings. The van der Waals surface area contributed by atoms with Gasteiger partial charge >= 0.3 is 6.01 Å². The lowest BCUT2D eigenvalue weighted by Crippen LogP contribution is -2.22. The van der Waals surface area contributed by atoms with E-state index in [1.807, 2.05) is 11.9 Å². The molecule has 0 amide bonds. The topological polar surface area (TPSA) is 63.4 Å². The first-order chi connectivity index (χ1) is 7.63. The molecule has 0 bridgehead atoms. The van der Waals surface area contributed by atoms with Gasteiger partial charge in [0.1, 0.15) is 0 Å². The molecule has 0 aliphatic heterocycles. The Morgan fingerprint density at radius 3 is 2.81 bits per heavy atom. The van der Waals surface area contributed by atoms with Crippen LogP contribution in [-0.4, -0.2) is 43.5 Å². The van der Waals surface area contributed by atoms with Crippen molar-refractivity contribution in [2.24, 2.45) is 0 Å². The average molecular weight is 228 g/mol. The summed E-state index contributed by atoms with van der Waals surface area (Å²) in [7, 11) is 3.56. The smallest absolute Gasteiger partial charge is 0.318 e. The number of nitrogens with one attached hydrogen (secondary N) is 1. The number of rotatable bonds is 7. The molecule has 0 saturated carbocycles. The van der Waals surface area contributed by atoms with Gasteiger partial charge in [-0.3, -0.25) is 0 Å². The van der Waals surface area contributed by atoms with E-state index in [4.69, 9.17) is 9.15 Å². The number of hydrogen-bond donors (Lipinski definition) is 1. The summed E-state index contributed by atoms with van der Waals surface area (Å²) in [4.78, 5) is 1.87. The first kappa shape index (κ1) is 12.9. The molecule has 16 heavy (non-hydrogen) atoms. The van der Waals surface area contributed by atoms with Crippen LogP contribution in [0.15, 0.2) is 4.42 Å². The molecule has 0 unspecified atom stereocenters. The van der Waals surface area contributed by atoms with Crippen molar-refractivity contribution in [2.75, 3.05) is 32.2 Å². The van der Waals surface area contributed by atoms with Crippen LogP contribution >= 0.6 is 0 Å². The number of ether oxygens (including phenoxy) is 1. The minimum atomic E-state index is 0.404. The first-order valence-corrected chi connectivity index (χ1v) is 5.39. The van der Waals surface area contributed by atoms with E-state index in [1.54, 1.807) is 7.11 Å². The van der Waals surface area contributed by atoms with Crippen molar-refractivity contribution in [3.63, 3.8) is 0 Å². The minimum Gasteiger partial charge on any atom is -0.407 e. The number of likely N-dealkylation sites (N-methyl/N-ethyl adjacent to an activating group) is 1. The van der Waals surface area contributed by atoms with Gasteiger partial charge in [-0.15, -0.1) is 5.10 Å². The summed E-state index contributed by atoms with van der Waals surface area (Å²) in [5.41, 5.74) is 0. The minimum absolute atomic E-state index is 0.404. The Hall–Kier alpha value is -1.14. The SMILES string of the molecule is COCCN(C)c1nnc(CNC(C)C)o1. The molecule has 1 rings (SSSR count). The van der Waals surface area contributed by atoms with Crippen LogP contribution in [0.1, 0.15) is 19.7 Å². The van der Waals surface area contributed by atoms with E-state index >= 15 is 0 Å². The largest absolute Gasteiger partial charge is 0.407 e. The van der Waals surface area contributed by atoms with Crippen molar-refractivity contribution in [1.29, 1.82) is 0 Å². The lowest BCUT2D eigenvalue weighted by atomic mass is 10.4. The predicted molar refractivity (Wildman–Crippen MR) is 61.4 cm³/mol. The Kier molecular flexibility index (Phi) is 5.21. The molecule has 6 heteroatoms. The fourth-order valence-corrected chi connectivity index (χ4v) is 1.09. The fourth-order valence-electron chi connectivity index (χ4n) is 1.09. The summed E-state index contributed by atoms with van der Waals surface area (Å²) in [6, 6.07) is 0.930. The van der Waals surface area contributed by atoms with Gasteiger partial charge in [0.2, 0.25) is 5.89 Å². The molecule has 0 atom stereocenters. The van der Waals surface area contributed by atoms with Gasteiger partial charge in [-0.25, -0.2) is 0 Å². The highest BCUT2D eigenvalue weighted by Crippen LogP contribution is 2.09. The van der Waals surface area contributed by atoms with Gasteiger partial charge in [0, 0.05) is 26.7 Å². The van der Waals surface area contributed by atoms with Crippen molar-refractivity contribution < 1.29 is 9.15 Å². The van der Waals surface area contributed by atoms with Crippen LogP contribution in [-0.2, 0) is 11.3 Å². The summed E-state index contributed by atoms with van der Waals surface area (Å²) >= 11 is 0. The van der Waals surface area contributed by atoms with Gasteiger partial charge in [-0.1, -0.05) is 18.9 Å². The highest BCUT2D eigenvalue weighted by Gasteiger charge is 2.10. The number of methoxy groups -OCH3 is 1. The maximum absolute atomic E-state index is 5.48. The summed E-state index contributed by atoms with van der Waals surface area (Å²) in [6.45, 7) is 6.11. The van der Waals surface area contributed by atoms with E-state index in [0.29, 0.717) is 31.1 Å². The van der Waals surface area contributed by atoms with Crippen molar-refractivity contribution in [2.45, 2.75) is 26.4 Å². The Morgan fingerprint density at radius 1 is 1.44 bits per heavy atom. The van der Waals surface area contributed by atoms with Gasteiger partial charge in [0.25, 0.3) is 0 Å². The number of nitrogens with zero attached hydrogens (tertiary/aromatic N) is 3. The van der Waals surface area contributed by atoms with E-state index in [-0.39, 0.29) is 0 Å². The van der Waals surface area contributed by atoms with Gasteiger partial charge in [-0.2, -0.15) is 0 Å². The maximum Gasteiger partial charge on any atom is 0.318 e. The molecule has 0 radical (unpaired) electrons. The zero-order valence-corrected chi connectivity index (χ0v) is 10.4. The van der Waals surface area contributed by atoms with E-state index < -0.39 is 0 Å². The summed E-state index contributed by atoms with van der Waals surface area (Å²) < 4.78 is 10.5. The highest BCUT2D eigenvalue weighted by atomic mass is 16.5. The molecule has 1 aromatic heterocycles. The number of aromatic nitrogens is 2. The summed E-state index contributed by atoms with van der Waals surface area (Å²) in [6.07, 6.45) is 0. The molecule has 92 valence electrons. The van der Waals surface area contributed by atoms with E-state index in [0.717, 1.165) is 6.54 Å². The molecule has 6 nitrogen and oxygen atoms in total. The van der Waals surface area contributed by atoms with Gasteiger partial charge in [0.05, 0.1) is 13.2 Å². The van der Waals surface area contributed by atoms with E-state index in [1.165, 1.54) is 0 Å². The van der Waals surface area contributed by atoms with Crippen LogP contribution in [0.25, 0.3) is 0 Å². The second kappa shape index (κ2) is 6.44. The second-order valence-electron chi connectivity index (χ2n) is 3.93. The van der Waals surface area contributed by atoms with Crippen LogP contribution in [0.3, 0.4) is 0 Å². The zero-order chi connectivity index (χ0) is 12.0. The molecule has 0 spiro atoms. The van der Waals surface area contributed by atoms with Gasteiger partial charge < -0.3 is 19.4 Å². The molecule has 0 saturated heterocycles. The van der Waals surface area contributed by atoms with Gasteiger partial charge in [-0.05, 0) is 0 Å². The highest BCUT2D eigenvalue weighted by molar-refractivity contribution is 5.21. The molecule has 0 aliphatic carbocycles. The first-order valence-electron chi connectivity index (χ1n) is 5.39. The number of hydrogen-bond acceptors (Lipinski definition) is 6. The molecular formula is C10H20N4O2. The fraction of sp³-hybridized carbons (Fsp3) is 0.800. The normalized spacial score (nSPS) is 11.1. The Bertz CT molecular complexity index is 301. The third-order valence-electron chi connectivity index (χ3n) is 2.08. The Morgan fingerprint density at radius 2 is 2.19 bits per heavy atom. The lowest BCUT2D eigenvalue weighted by Gasteiger charge is -2.12. The van der Waals surface area contributed by atoms with Crippen LogP contribution in [0.4, 0.5) is 6.01 Å². The van der Waals surface area contributed by atoms with Crippen LogP contribution < -0.4 is 10.2 Å². The Balaban J connectivity index is 2.43. The third kappa shape index (κ3) is 4.16. The van der Waals surface area contributed by atoms with Crippen LogP contribution in [0.5, 0.6) is 0 Å². The van der Waals surface area contributed by atoms with Crippen molar-refractivity contribution >= 4 is 6.01 Å². The van der Waals surface area contributed by atoms with Crippen LogP contribution in [0.2, 0.25) is 0 Å². The zero-order valence-electron chi connectivity index (χ0n) is 10.4. The molecule has 1 N–H and O–H groups in total. The molecule has 0 aromatic carbocycles. The predicted octanol–water partition coefficient (Wildman–Crippen LogP) is 0.650. The second-order valence-corrected chi connectivity index (χ2v) is 3.93. The van der Waals surface area contributed by atoms with E-state index in [9.17, 15) is 0 Å². The maximum atomic E-state index is 5.48. The molecule has 0 aliphatic rings.